The zero-order valence-electron chi connectivity index (χ0n) is 15.3. The molecule has 0 saturated carbocycles. The Morgan fingerprint density at radius 2 is 2.15 bits per heavy atom. The van der Waals surface area contributed by atoms with Crippen LogP contribution in [0.25, 0.3) is 0 Å². The van der Waals surface area contributed by atoms with Crippen LogP contribution in [0.15, 0.2) is 59.4 Å². The van der Waals surface area contributed by atoms with Crippen LogP contribution in [-0.2, 0) is 20.9 Å². The number of benzene rings is 1. The number of carbonyl (C=O) groups is 1. The van der Waals surface area contributed by atoms with Crippen molar-refractivity contribution in [3.05, 3.63) is 59.9 Å². The molecule has 1 aromatic rings. The number of carbonyl (C=O) groups excluding carboxylic acids is 1. The molecule has 1 aromatic carbocycles. The second-order valence-electron chi connectivity index (χ2n) is 5.60. The lowest BCUT2D eigenvalue weighted by Crippen LogP contribution is -2.29. The Labute approximate surface area is 155 Å². The van der Waals surface area contributed by atoms with Crippen molar-refractivity contribution in [3.8, 4) is 0 Å². The standard InChI is InChI=1S/C20H28N2O4/c1-3-4-11-19(21-2)22-14-18(23)16-25-13-8-12-20(24)26-15-17-9-6-5-7-10-17/h3-7,9-11,18,22-23H,2,8,12-16H2,1H3/b4-3-,19-11+. The van der Waals surface area contributed by atoms with Crippen LogP contribution in [0, 0.1) is 0 Å². The first-order valence-corrected chi connectivity index (χ1v) is 8.64. The van der Waals surface area contributed by atoms with E-state index in [-0.39, 0.29) is 25.6 Å². The van der Waals surface area contributed by atoms with E-state index in [1.54, 1.807) is 6.08 Å². The molecular weight excluding hydrogens is 332 g/mol. The summed E-state index contributed by atoms with van der Waals surface area (Å²) in [6, 6.07) is 9.54. The van der Waals surface area contributed by atoms with Gasteiger partial charge in [-0.3, -0.25) is 4.79 Å². The van der Waals surface area contributed by atoms with Gasteiger partial charge in [0.2, 0.25) is 0 Å². The van der Waals surface area contributed by atoms with E-state index in [0.29, 0.717) is 25.4 Å². The molecule has 0 aromatic heterocycles. The van der Waals surface area contributed by atoms with Crippen molar-refractivity contribution in [1.82, 2.24) is 5.32 Å². The summed E-state index contributed by atoms with van der Waals surface area (Å²) in [5, 5.41) is 12.8. The molecule has 0 aliphatic rings. The van der Waals surface area contributed by atoms with Gasteiger partial charge < -0.3 is 19.9 Å². The number of rotatable bonds is 13. The highest BCUT2D eigenvalue weighted by Gasteiger charge is 2.06. The smallest absolute Gasteiger partial charge is 0.306 e. The molecule has 1 unspecified atom stereocenters. The molecule has 0 heterocycles. The lowest BCUT2D eigenvalue weighted by molar-refractivity contribution is -0.145. The van der Waals surface area contributed by atoms with Crippen molar-refractivity contribution < 1.29 is 19.4 Å². The molecule has 2 N–H and O–H groups in total. The van der Waals surface area contributed by atoms with Gasteiger partial charge in [-0.15, -0.1) is 0 Å². The first kappa shape index (κ1) is 21.6. The van der Waals surface area contributed by atoms with Crippen LogP contribution < -0.4 is 5.32 Å². The van der Waals surface area contributed by atoms with E-state index in [4.69, 9.17) is 9.47 Å². The number of nitrogens with one attached hydrogen (secondary N) is 1. The lowest BCUT2D eigenvalue weighted by Gasteiger charge is -2.13. The van der Waals surface area contributed by atoms with Gasteiger partial charge in [-0.1, -0.05) is 42.5 Å². The Balaban J connectivity index is 2.06. The molecular formula is C20H28N2O4. The van der Waals surface area contributed by atoms with Gasteiger partial charge in [-0.05, 0) is 31.7 Å². The van der Waals surface area contributed by atoms with Gasteiger partial charge in [0.1, 0.15) is 12.4 Å². The molecule has 26 heavy (non-hydrogen) atoms. The van der Waals surface area contributed by atoms with Crippen LogP contribution in [-0.4, -0.2) is 43.7 Å². The quantitative estimate of drug-likeness (QED) is 0.245. The van der Waals surface area contributed by atoms with Crippen molar-refractivity contribution >= 4 is 12.7 Å². The van der Waals surface area contributed by atoms with Crippen LogP contribution in [0.4, 0.5) is 0 Å². The highest BCUT2D eigenvalue weighted by molar-refractivity contribution is 5.69. The van der Waals surface area contributed by atoms with Crippen molar-refractivity contribution in [2.24, 2.45) is 4.99 Å². The zero-order chi connectivity index (χ0) is 19.0. The number of aliphatic imine (C=N–C) groups is 1. The highest BCUT2D eigenvalue weighted by Crippen LogP contribution is 2.03. The van der Waals surface area contributed by atoms with Crippen molar-refractivity contribution in [3.63, 3.8) is 0 Å². The average Bonchev–Trinajstić information content (AvgIpc) is 2.67. The molecule has 6 nitrogen and oxygen atoms in total. The summed E-state index contributed by atoms with van der Waals surface area (Å²) in [4.78, 5) is 15.5. The predicted octanol–water partition coefficient (Wildman–Crippen LogP) is 2.60. The summed E-state index contributed by atoms with van der Waals surface area (Å²) < 4.78 is 10.6. The Hall–Kier alpha value is -2.44. The summed E-state index contributed by atoms with van der Waals surface area (Å²) in [6.07, 6.45) is 5.64. The number of hydrogen-bond donors (Lipinski definition) is 2. The van der Waals surface area contributed by atoms with Gasteiger partial charge in [0.05, 0.1) is 12.7 Å². The van der Waals surface area contributed by atoms with Gasteiger partial charge in [-0.2, -0.15) is 0 Å². The Morgan fingerprint density at radius 3 is 2.85 bits per heavy atom. The van der Waals surface area contributed by atoms with Crippen molar-refractivity contribution in [1.29, 1.82) is 0 Å². The van der Waals surface area contributed by atoms with Crippen LogP contribution in [0.3, 0.4) is 0 Å². The molecule has 0 aliphatic heterocycles. The van der Waals surface area contributed by atoms with Gasteiger partial charge in [0, 0.05) is 19.6 Å². The van der Waals surface area contributed by atoms with E-state index in [1.807, 2.05) is 49.4 Å². The summed E-state index contributed by atoms with van der Waals surface area (Å²) in [5.41, 5.74) is 0.963. The summed E-state index contributed by atoms with van der Waals surface area (Å²) in [7, 11) is 0. The normalized spacial score (nSPS) is 12.8. The number of aliphatic hydroxyl groups excluding tert-OH is 1. The van der Waals surface area contributed by atoms with E-state index in [9.17, 15) is 9.90 Å². The van der Waals surface area contributed by atoms with Gasteiger partial charge >= 0.3 is 5.97 Å². The summed E-state index contributed by atoms with van der Waals surface area (Å²) >= 11 is 0. The van der Waals surface area contributed by atoms with E-state index >= 15 is 0 Å². The molecule has 0 bridgehead atoms. The monoisotopic (exact) mass is 360 g/mol. The predicted molar refractivity (Wildman–Crippen MR) is 103 cm³/mol. The topological polar surface area (TPSA) is 80.2 Å². The minimum absolute atomic E-state index is 0.181. The van der Waals surface area contributed by atoms with Crippen LogP contribution in [0.2, 0.25) is 0 Å². The van der Waals surface area contributed by atoms with Crippen LogP contribution >= 0.6 is 0 Å². The van der Waals surface area contributed by atoms with E-state index in [1.165, 1.54) is 0 Å². The third kappa shape index (κ3) is 10.4. The van der Waals surface area contributed by atoms with E-state index in [2.05, 4.69) is 17.0 Å². The molecule has 0 fully saturated rings. The maximum absolute atomic E-state index is 11.6. The average molecular weight is 360 g/mol. The van der Waals surface area contributed by atoms with Gasteiger partial charge in [0.15, 0.2) is 0 Å². The molecule has 6 heteroatoms. The molecule has 0 saturated heterocycles. The van der Waals surface area contributed by atoms with E-state index in [0.717, 1.165) is 5.56 Å². The molecule has 1 rings (SSSR count). The number of hydrogen-bond acceptors (Lipinski definition) is 6. The number of nitrogens with zero attached hydrogens (tertiary/aromatic N) is 1. The second kappa shape index (κ2) is 13.8. The third-order valence-electron chi connectivity index (χ3n) is 3.36. The Morgan fingerprint density at radius 1 is 1.38 bits per heavy atom. The fraction of sp³-hybridized carbons (Fsp3) is 0.400. The number of allylic oxidation sites excluding steroid dienone is 3. The zero-order valence-corrected chi connectivity index (χ0v) is 15.3. The lowest BCUT2D eigenvalue weighted by atomic mass is 10.2. The number of aliphatic hydroxyl groups is 1. The Bertz CT molecular complexity index is 585. The molecule has 0 radical (unpaired) electrons. The van der Waals surface area contributed by atoms with Crippen molar-refractivity contribution in [2.45, 2.75) is 32.5 Å². The van der Waals surface area contributed by atoms with Crippen molar-refractivity contribution in [2.75, 3.05) is 19.8 Å². The van der Waals surface area contributed by atoms with Crippen LogP contribution in [0.1, 0.15) is 25.3 Å². The number of esters is 1. The first-order chi connectivity index (χ1) is 12.7. The molecule has 0 aliphatic carbocycles. The van der Waals surface area contributed by atoms with E-state index < -0.39 is 6.10 Å². The fourth-order valence-corrected chi connectivity index (χ4v) is 1.98. The first-order valence-electron chi connectivity index (χ1n) is 8.64. The summed E-state index contributed by atoms with van der Waals surface area (Å²) in [5.74, 6) is 0.332. The molecule has 142 valence electrons. The Kier molecular flexibility index (Phi) is 11.5. The fourth-order valence-electron chi connectivity index (χ4n) is 1.98. The number of ether oxygens (including phenoxy) is 2. The molecule has 0 amide bonds. The summed E-state index contributed by atoms with van der Waals surface area (Å²) in [6.45, 7) is 6.52. The van der Waals surface area contributed by atoms with Crippen LogP contribution in [0.5, 0.6) is 0 Å². The third-order valence-corrected chi connectivity index (χ3v) is 3.36. The second-order valence-corrected chi connectivity index (χ2v) is 5.60. The minimum atomic E-state index is -0.671. The van der Waals surface area contributed by atoms with Gasteiger partial charge in [-0.25, -0.2) is 4.99 Å². The maximum atomic E-state index is 11.6. The maximum Gasteiger partial charge on any atom is 0.306 e. The van der Waals surface area contributed by atoms with Gasteiger partial charge in [0.25, 0.3) is 0 Å². The molecule has 1 atom stereocenters. The highest BCUT2D eigenvalue weighted by atomic mass is 16.5. The largest absolute Gasteiger partial charge is 0.461 e. The SMILES string of the molecule is C=N/C(=C\C=C/C)NCC(O)COCCCC(=O)OCc1ccccc1. The molecule has 0 spiro atoms. The minimum Gasteiger partial charge on any atom is -0.461 e.